The lowest BCUT2D eigenvalue weighted by Gasteiger charge is -2.09. The molecule has 7 heteroatoms. The first-order chi connectivity index (χ1) is 12.4. The molecule has 26 heavy (non-hydrogen) atoms. The average Bonchev–Trinajstić information content (AvgIpc) is 2.64. The lowest BCUT2D eigenvalue weighted by atomic mass is 10.1. The van der Waals surface area contributed by atoms with Gasteiger partial charge in [0.15, 0.2) is 5.82 Å². The maximum absolute atomic E-state index is 12.5. The monoisotopic (exact) mass is 368 g/mol. The fraction of sp³-hybridized carbons (Fsp3) is 0.158. The molecule has 0 saturated carbocycles. The third kappa shape index (κ3) is 4.37. The lowest BCUT2D eigenvalue weighted by molar-refractivity contribution is 0.601. The fourth-order valence-corrected chi connectivity index (χ4v) is 3.43. The van der Waals surface area contributed by atoms with Crippen LogP contribution in [0.4, 0.5) is 11.6 Å². The van der Waals surface area contributed by atoms with Gasteiger partial charge >= 0.3 is 0 Å². The Bertz CT molecular complexity index is 988. The van der Waals surface area contributed by atoms with E-state index in [4.69, 9.17) is 0 Å². The first kappa shape index (κ1) is 17.9. The summed E-state index contributed by atoms with van der Waals surface area (Å²) in [6.45, 7) is 4.43. The van der Waals surface area contributed by atoms with Gasteiger partial charge in [-0.05, 0) is 54.8 Å². The predicted molar refractivity (Wildman–Crippen MR) is 103 cm³/mol. The predicted octanol–water partition coefficient (Wildman–Crippen LogP) is 3.51. The van der Waals surface area contributed by atoms with Gasteiger partial charge in [-0.25, -0.2) is 8.42 Å². The van der Waals surface area contributed by atoms with Crippen molar-refractivity contribution in [2.24, 2.45) is 0 Å². The Hall–Kier alpha value is -2.93. The van der Waals surface area contributed by atoms with Crippen LogP contribution in [0.1, 0.15) is 16.7 Å². The second kappa shape index (κ2) is 7.53. The van der Waals surface area contributed by atoms with Gasteiger partial charge in [0.25, 0.3) is 10.0 Å². The van der Waals surface area contributed by atoms with Crippen molar-refractivity contribution in [1.29, 1.82) is 0 Å². The quantitative estimate of drug-likeness (QED) is 0.696. The zero-order valence-corrected chi connectivity index (χ0v) is 15.4. The second-order valence-electron chi connectivity index (χ2n) is 5.99. The minimum Gasteiger partial charge on any atom is -0.365 e. The molecule has 0 spiro atoms. The molecule has 2 N–H and O–H groups in total. The van der Waals surface area contributed by atoms with Crippen molar-refractivity contribution in [3.63, 3.8) is 0 Å². The van der Waals surface area contributed by atoms with Gasteiger partial charge in [-0.1, -0.05) is 36.4 Å². The van der Waals surface area contributed by atoms with Crippen LogP contribution in [0.2, 0.25) is 0 Å². The van der Waals surface area contributed by atoms with Crippen molar-refractivity contribution in [2.45, 2.75) is 25.3 Å². The van der Waals surface area contributed by atoms with Gasteiger partial charge < -0.3 is 5.32 Å². The van der Waals surface area contributed by atoms with Gasteiger partial charge in [0.2, 0.25) is 0 Å². The van der Waals surface area contributed by atoms with Crippen LogP contribution in [0.25, 0.3) is 0 Å². The van der Waals surface area contributed by atoms with Crippen molar-refractivity contribution < 1.29 is 8.42 Å². The number of benzene rings is 2. The first-order valence-electron chi connectivity index (χ1n) is 8.16. The van der Waals surface area contributed by atoms with E-state index >= 15 is 0 Å². The molecule has 0 aliphatic rings. The highest BCUT2D eigenvalue weighted by Gasteiger charge is 2.15. The molecular formula is C19H20N4O2S. The molecule has 1 heterocycles. The van der Waals surface area contributed by atoms with Gasteiger partial charge in [0.1, 0.15) is 5.82 Å². The summed E-state index contributed by atoms with van der Waals surface area (Å²) in [5, 5.41) is 11.1. The third-order valence-corrected chi connectivity index (χ3v) is 5.36. The van der Waals surface area contributed by atoms with Crippen molar-refractivity contribution in [1.82, 2.24) is 10.2 Å². The Kier molecular flexibility index (Phi) is 5.18. The van der Waals surface area contributed by atoms with E-state index in [1.807, 2.05) is 44.2 Å². The molecule has 0 saturated heterocycles. The molecule has 0 aliphatic carbocycles. The average molecular weight is 368 g/mol. The van der Waals surface area contributed by atoms with Crippen LogP contribution in [-0.2, 0) is 16.6 Å². The molecular weight excluding hydrogens is 348 g/mol. The molecule has 0 amide bonds. The fourth-order valence-electron chi connectivity index (χ4n) is 2.35. The minimum atomic E-state index is -3.69. The van der Waals surface area contributed by atoms with E-state index in [2.05, 4.69) is 20.2 Å². The molecule has 134 valence electrons. The van der Waals surface area contributed by atoms with Crippen LogP contribution >= 0.6 is 0 Å². The van der Waals surface area contributed by atoms with E-state index in [0.29, 0.717) is 12.4 Å². The highest BCUT2D eigenvalue weighted by Crippen LogP contribution is 2.18. The summed E-state index contributed by atoms with van der Waals surface area (Å²) in [6, 6.07) is 18.2. The molecule has 3 rings (SSSR count). The maximum Gasteiger partial charge on any atom is 0.263 e. The number of anilines is 2. The lowest BCUT2D eigenvalue weighted by Crippen LogP contribution is -2.15. The molecule has 0 bridgehead atoms. The number of sulfonamides is 1. The van der Waals surface area contributed by atoms with Crippen LogP contribution in [0.3, 0.4) is 0 Å². The second-order valence-corrected chi connectivity index (χ2v) is 7.68. The summed E-state index contributed by atoms with van der Waals surface area (Å²) in [5.41, 5.74) is 3.07. The minimum absolute atomic E-state index is 0.175. The largest absolute Gasteiger partial charge is 0.365 e. The van der Waals surface area contributed by atoms with E-state index in [0.717, 1.165) is 16.7 Å². The van der Waals surface area contributed by atoms with Gasteiger partial charge in [0, 0.05) is 6.54 Å². The molecule has 0 atom stereocenters. The van der Waals surface area contributed by atoms with E-state index in [9.17, 15) is 8.42 Å². The zero-order valence-electron chi connectivity index (χ0n) is 14.6. The van der Waals surface area contributed by atoms with Gasteiger partial charge in [-0.2, -0.15) is 0 Å². The summed E-state index contributed by atoms with van der Waals surface area (Å²) < 4.78 is 27.4. The normalized spacial score (nSPS) is 11.2. The summed E-state index contributed by atoms with van der Waals surface area (Å²) in [7, 11) is -3.69. The zero-order chi connectivity index (χ0) is 18.6. The maximum atomic E-state index is 12.5. The third-order valence-electron chi connectivity index (χ3n) is 4.01. The Morgan fingerprint density at radius 3 is 2.19 bits per heavy atom. The van der Waals surface area contributed by atoms with Crippen molar-refractivity contribution in [3.8, 4) is 0 Å². The smallest absolute Gasteiger partial charge is 0.263 e. The van der Waals surface area contributed by atoms with Crippen LogP contribution in [0.5, 0.6) is 0 Å². The SMILES string of the molecule is Cc1ccc(S(=O)(=O)Nc2ccc(NCc3ccccc3)nn2)cc1C. The number of hydrogen-bond donors (Lipinski definition) is 2. The Labute approximate surface area is 153 Å². The van der Waals surface area contributed by atoms with Crippen LogP contribution in [0, 0.1) is 13.8 Å². The van der Waals surface area contributed by atoms with E-state index in [-0.39, 0.29) is 10.7 Å². The summed E-state index contributed by atoms with van der Waals surface area (Å²) in [6.07, 6.45) is 0. The van der Waals surface area contributed by atoms with Crippen LogP contribution in [-0.4, -0.2) is 18.6 Å². The highest BCUT2D eigenvalue weighted by atomic mass is 32.2. The summed E-state index contributed by atoms with van der Waals surface area (Å²) in [4.78, 5) is 0.202. The Morgan fingerprint density at radius 2 is 1.54 bits per heavy atom. The van der Waals surface area contributed by atoms with Gasteiger partial charge in [0.05, 0.1) is 4.90 Å². The molecule has 3 aromatic rings. The number of hydrogen-bond acceptors (Lipinski definition) is 5. The highest BCUT2D eigenvalue weighted by molar-refractivity contribution is 7.92. The number of rotatable bonds is 6. The summed E-state index contributed by atoms with van der Waals surface area (Å²) >= 11 is 0. The number of nitrogens with zero attached hydrogens (tertiary/aromatic N) is 2. The van der Waals surface area contributed by atoms with E-state index in [1.54, 1.807) is 30.3 Å². The Balaban J connectivity index is 1.67. The first-order valence-corrected chi connectivity index (χ1v) is 9.64. The molecule has 0 radical (unpaired) electrons. The Morgan fingerprint density at radius 1 is 0.846 bits per heavy atom. The molecule has 6 nitrogen and oxygen atoms in total. The number of aromatic nitrogens is 2. The number of nitrogens with one attached hydrogen (secondary N) is 2. The van der Waals surface area contributed by atoms with Crippen molar-refractivity contribution >= 4 is 21.7 Å². The van der Waals surface area contributed by atoms with Gasteiger partial charge in [-0.3, -0.25) is 4.72 Å². The molecule has 1 aromatic heterocycles. The van der Waals surface area contributed by atoms with Gasteiger partial charge in [-0.15, -0.1) is 10.2 Å². The van der Waals surface area contributed by atoms with E-state index < -0.39 is 10.0 Å². The van der Waals surface area contributed by atoms with Crippen LogP contribution < -0.4 is 10.0 Å². The molecule has 0 aliphatic heterocycles. The number of aryl methyl sites for hydroxylation is 2. The topological polar surface area (TPSA) is 84.0 Å². The van der Waals surface area contributed by atoms with Crippen molar-refractivity contribution in [3.05, 3.63) is 77.4 Å². The van der Waals surface area contributed by atoms with E-state index in [1.165, 1.54) is 0 Å². The molecule has 0 fully saturated rings. The standard InChI is InChI=1S/C19H20N4O2S/c1-14-8-9-17(12-15(14)2)26(24,25)23-19-11-10-18(21-22-19)20-13-16-6-4-3-5-7-16/h3-12H,13H2,1-2H3,(H,20,21)(H,22,23). The van der Waals surface area contributed by atoms with Crippen molar-refractivity contribution in [2.75, 3.05) is 10.0 Å². The summed E-state index contributed by atoms with van der Waals surface area (Å²) in [5.74, 6) is 0.747. The molecule has 2 aromatic carbocycles. The van der Waals surface area contributed by atoms with Crippen LogP contribution in [0.15, 0.2) is 65.6 Å². The molecule has 0 unspecified atom stereocenters.